The summed E-state index contributed by atoms with van der Waals surface area (Å²) in [6.45, 7) is 27.2. The molecule has 0 aliphatic heterocycles. The highest BCUT2D eigenvalue weighted by molar-refractivity contribution is 5.70. The fourth-order valence-corrected chi connectivity index (χ4v) is 14.2. The summed E-state index contributed by atoms with van der Waals surface area (Å²) in [6.07, 6.45) is 4.21. The number of pyridine rings is 7. The largest absolute Gasteiger partial charge is 0.215 e. The van der Waals surface area contributed by atoms with Gasteiger partial charge in [-0.3, -0.25) is 0 Å². The molecule has 0 fully saturated rings. The predicted octanol–water partition coefficient (Wildman–Crippen LogP) is 21.7. The van der Waals surface area contributed by atoms with E-state index < -0.39 is 27.4 Å². The molecule has 0 saturated heterocycles. The molecule has 14 rings (SSSR count). The van der Waals surface area contributed by atoms with Crippen LogP contribution in [-0.2, 0) is 49.3 Å². The summed E-state index contributed by atoms with van der Waals surface area (Å²) in [6, 6.07) is 80.5. The second-order valence-electron chi connectivity index (χ2n) is 29.8. The van der Waals surface area contributed by atoms with Crippen molar-refractivity contribution in [1.29, 1.82) is 0 Å². The smallest absolute Gasteiger partial charge is 0.201 e. The third kappa shape index (κ3) is 21.4. The van der Waals surface area contributed by atoms with Crippen molar-refractivity contribution in [3.8, 4) is 78.8 Å². The summed E-state index contributed by atoms with van der Waals surface area (Å²) >= 11 is 0. The Morgan fingerprint density at radius 1 is 0.205 bits per heavy atom. The van der Waals surface area contributed by atoms with Gasteiger partial charge in [-0.1, -0.05) is 114 Å². The molecule has 7 aromatic carbocycles. The van der Waals surface area contributed by atoms with E-state index in [-0.39, 0.29) is 22.5 Å². The first kappa shape index (κ1) is 69.8. The Hall–Kier alpha value is -11.4. The van der Waals surface area contributed by atoms with Gasteiger partial charge in [-0.2, -0.15) is 22.8 Å². The summed E-state index contributed by atoms with van der Waals surface area (Å²) in [4.78, 5) is 0. The molecule has 0 amide bonds. The van der Waals surface area contributed by atoms with Gasteiger partial charge in [-0.15, -0.1) is 0 Å². The molecular formula is C105H126N7+7. The van der Waals surface area contributed by atoms with Crippen molar-refractivity contribution >= 4 is 0 Å². The summed E-state index contributed by atoms with van der Waals surface area (Å²) < 4.78 is 105. The topological polar surface area (TPSA) is 27.2 Å². The van der Waals surface area contributed by atoms with E-state index >= 15 is 0 Å². The lowest BCUT2D eigenvalue weighted by Gasteiger charge is -2.09. The standard InChI is InChI=1S/7C15H18N/c2*1-11-7-5-9-14(13(11)3)15-10-6-8-12(2)16(15)4;2*1-11-7-5-8-12(2)14(11)15-13(3)9-6-10-16(15)4;2*1-11-8-9-14(12(2)10-11)15-7-5-6-13(3)16(15)4;1-11-8-9-12(2)14(10-11)15-7-5-6-13(3)16(15)4/h7*5-10H,1-4H3/q7*+1/i1D3,2D3;;;;1D3,3D3;;. The first-order valence-corrected chi connectivity index (χ1v) is 38.4. The number of rotatable bonds is 7. The molecule has 14 aromatic rings. The fraction of sp³-hybridized carbons (Fsp3) is 0.267. The number of aromatic nitrogens is 7. The summed E-state index contributed by atoms with van der Waals surface area (Å²) in [5.74, 6) is 0. The van der Waals surface area contributed by atoms with Crippen molar-refractivity contribution < 1.29 is 48.4 Å². The third-order valence-corrected chi connectivity index (χ3v) is 21.4. The molecule has 574 valence electrons. The second-order valence-corrected chi connectivity index (χ2v) is 29.8. The molecule has 7 aromatic heterocycles. The highest BCUT2D eigenvalue weighted by Crippen LogP contribution is 2.31. The van der Waals surface area contributed by atoms with E-state index in [0.717, 1.165) is 22.4 Å². The minimum Gasteiger partial charge on any atom is -0.201 e. The molecule has 0 bridgehead atoms. The van der Waals surface area contributed by atoms with E-state index in [4.69, 9.17) is 16.4 Å². The summed E-state index contributed by atoms with van der Waals surface area (Å²) in [5, 5.41) is 0. The lowest BCUT2D eigenvalue weighted by molar-refractivity contribution is -0.666. The molecule has 0 aliphatic rings. The lowest BCUT2D eigenvalue weighted by atomic mass is 9.97. The molecule has 0 unspecified atom stereocenters. The van der Waals surface area contributed by atoms with E-state index in [1.54, 1.807) is 90.8 Å². The van der Waals surface area contributed by atoms with Crippen LogP contribution in [0.4, 0.5) is 0 Å². The van der Waals surface area contributed by atoms with Crippen molar-refractivity contribution in [1.82, 2.24) is 0 Å². The van der Waals surface area contributed by atoms with Gasteiger partial charge in [-0.25, -0.2) is 9.13 Å². The van der Waals surface area contributed by atoms with Crippen LogP contribution < -0.4 is 32.0 Å². The SMILES string of the molecule is Cc1ccc(-c2cccc(C)[n+]2C)c(C)c1.Cc1ccc(C)c(-c2cccc(C)[n+]2C)c1.Cc1cccc(-c2cccc(C)[n+]2C)c1C.Cc1cccc(C)c1-c1c(C)ccc[n+]1C.Cc1cccc(C)c1-c1c(C)ccc[n+]1C.[2H]C([2H])([2H])c1ccc(-c2cccc(C([2H])([2H])[2H])[n+]2C)c(C)c1.[2H]C([2H])([2H])c1cccc(-c2cccc(C([2H])([2H])[2H])[n+]2C)c1C. The van der Waals surface area contributed by atoms with E-state index in [1.165, 1.54) is 140 Å². The molecule has 0 N–H and O–H groups in total. The highest BCUT2D eigenvalue weighted by Gasteiger charge is 2.22. The first-order valence-electron chi connectivity index (χ1n) is 44.4. The van der Waals surface area contributed by atoms with Crippen LogP contribution >= 0.6 is 0 Å². The van der Waals surface area contributed by atoms with Gasteiger partial charge in [0.15, 0.2) is 40.9 Å². The molecule has 0 saturated carbocycles. The van der Waals surface area contributed by atoms with Gasteiger partial charge < -0.3 is 0 Å². The van der Waals surface area contributed by atoms with Crippen molar-refractivity contribution in [2.45, 2.75) is 145 Å². The maximum absolute atomic E-state index is 7.60. The Balaban J connectivity index is 0.000000180. The third-order valence-electron chi connectivity index (χ3n) is 21.4. The number of benzene rings is 7. The Bertz CT molecular complexity index is 5670. The van der Waals surface area contributed by atoms with Crippen LogP contribution in [0.15, 0.2) is 255 Å². The number of nitrogens with zero attached hydrogens (tertiary/aromatic N) is 7. The van der Waals surface area contributed by atoms with Gasteiger partial charge >= 0.3 is 0 Å². The van der Waals surface area contributed by atoms with Crippen LogP contribution in [0.5, 0.6) is 0 Å². The quantitative estimate of drug-likeness (QED) is 0.142. The molecular weight excluding hydrogens is 1360 g/mol. The maximum atomic E-state index is 7.60. The first-order chi connectivity index (χ1) is 58.1. The number of hydrogen-bond donors (Lipinski definition) is 0. The van der Waals surface area contributed by atoms with E-state index in [2.05, 4.69) is 344 Å². The Kier molecular flexibility index (Phi) is 24.6. The zero-order valence-corrected chi connectivity index (χ0v) is 70.9. The van der Waals surface area contributed by atoms with E-state index in [9.17, 15) is 0 Å². The van der Waals surface area contributed by atoms with Crippen LogP contribution in [0, 0.1) is 145 Å². The van der Waals surface area contributed by atoms with Crippen molar-refractivity contribution in [3.05, 3.63) is 373 Å². The maximum Gasteiger partial charge on any atom is 0.215 e. The molecule has 0 spiro atoms. The molecule has 0 radical (unpaired) electrons. The minimum atomic E-state index is -2.22. The Labute approximate surface area is 690 Å². The zero-order valence-electron chi connectivity index (χ0n) is 82.9. The van der Waals surface area contributed by atoms with E-state index in [1.807, 2.05) is 19.1 Å². The van der Waals surface area contributed by atoms with Crippen molar-refractivity contribution in [2.75, 3.05) is 0 Å². The number of hydrogen-bond acceptors (Lipinski definition) is 0. The minimum absolute atomic E-state index is 0.212. The van der Waals surface area contributed by atoms with Crippen LogP contribution in [0.1, 0.15) is 134 Å². The summed E-state index contributed by atoms with van der Waals surface area (Å²) in [5.41, 5.74) is 38.4. The molecule has 0 aliphatic carbocycles. The molecule has 7 heteroatoms. The Morgan fingerprint density at radius 2 is 0.509 bits per heavy atom. The average Bonchev–Trinajstić information content (AvgIpc) is 0.777. The zero-order chi connectivity index (χ0) is 91.9. The van der Waals surface area contributed by atoms with Crippen LogP contribution in [0.2, 0.25) is 0 Å². The molecule has 7 heterocycles. The fourth-order valence-electron chi connectivity index (χ4n) is 14.2. The monoisotopic (exact) mass is 1500 g/mol. The van der Waals surface area contributed by atoms with Crippen LogP contribution in [0.25, 0.3) is 78.8 Å². The second kappa shape index (κ2) is 39.5. The highest BCUT2D eigenvalue weighted by atomic mass is 15.0. The molecule has 0 atom stereocenters. The normalized spacial score (nSPS) is 12.5. The van der Waals surface area contributed by atoms with Gasteiger partial charge in [0.2, 0.25) is 39.9 Å². The summed E-state index contributed by atoms with van der Waals surface area (Å²) in [7, 11) is 13.9. The van der Waals surface area contributed by atoms with Gasteiger partial charge in [0.25, 0.3) is 0 Å². The Morgan fingerprint density at radius 3 is 0.893 bits per heavy atom. The van der Waals surface area contributed by atoms with E-state index in [0.29, 0.717) is 11.3 Å². The lowest BCUT2D eigenvalue weighted by Crippen LogP contribution is -2.34. The van der Waals surface area contributed by atoms with Gasteiger partial charge in [0.1, 0.15) is 49.3 Å². The van der Waals surface area contributed by atoms with Gasteiger partial charge in [-0.05, 0) is 245 Å². The number of aryl methyl sites for hydroxylation is 21. The van der Waals surface area contributed by atoms with Crippen molar-refractivity contribution in [3.63, 3.8) is 0 Å². The van der Waals surface area contributed by atoms with Crippen LogP contribution in [-0.4, -0.2) is 0 Å². The average molecular weight is 1500 g/mol. The van der Waals surface area contributed by atoms with Gasteiger partial charge in [0, 0.05) is 163 Å². The molecule has 7 nitrogen and oxygen atoms in total. The van der Waals surface area contributed by atoms with Gasteiger partial charge in [0.05, 0.1) is 11.1 Å². The molecule has 112 heavy (non-hydrogen) atoms. The van der Waals surface area contributed by atoms with Crippen LogP contribution in [0.3, 0.4) is 0 Å². The van der Waals surface area contributed by atoms with Crippen molar-refractivity contribution in [2.24, 2.45) is 49.3 Å². The predicted molar refractivity (Wildman–Crippen MR) is 471 cm³/mol.